The number of β-amino-alcohol motifs (C(OH)–C–C–N with tert-alkyl or cyclic N) is 2. The van der Waals surface area contributed by atoms with Gasteiger partial charge in [0.15, 0.2) is 0 Å². The number of nitrogens with zero attached hydrogens (tertiary/aromatic N) is 1. The van der Waals surface area contributed by atoms with Crippen LogP contribution in [0, 0.1) is 0 Å². The smallest absolute Gasteiger partial charge is 0.0664 e. The first-order chi connectivity index (χ1) is 6.47. The van der Waals surface area contributed by atoms with E-state index in [1.807, 2.05) is 6.92 Å². The Morgan fingerprint density at radius 3 is 2.21 bits per heavy atom. The van der Waals surface area contributed by atoms with Gasteiger partial charge >= 0.3 is 0 Å². The Kier molecular flexibility index (Phi) is 6.33. The SMILES string of the molecule is CCC(O)CN(CCO)C(C)(C)CC. The summed E-state index contributed by atoms with van der Waals surface area (Å²) in [4.78, 5) is 2.15. The summed E-state index contributed by atoms with van der Waals surface area (Å²) in [6.07, 6.45) is 1.50. The van der Waals surface area contributed by atoms with Crippen molar-refractivity contribution in [1.82, 2.24) is 4.90 Å². The predicted octanol–water partition coefficient (Wildman–Crippen LogP) is 1.24. The second-order valence-corrected chi connectivity index (χ2v) is 4.40. The van der Waals surface area contributed by atoms with Crippen molar-refractivity contribution in [3.63, 3.8) is 0 Å². The Hall–Kier alpha value is -0.120. The highest BCUT2D eigenvalue weighted by atomic mass is 16.3. The average molecular weight is 203 g/mol. The maximum Gasteiger partial charge on any atom is 0.0664 e. The summed E-state index contributed by atoms with van der Waals surface area (Å²) in [5, 5.41) is 18.5. The molecule has 0 fully saturated rings. The summed E-state index contributed by atoms with van der Waals surface area (Å²) in [6, 6.07) is 0. The zero-order valence-electron chi connectivity index (χ0n) is 9.95. The van der Waals surface area contributed by atoms with Gasteiger partial charge in [-0.3, -0.25) is 4.90 Å². The van der Waals surface area contributed by atoms with Gasteiger partial charge in [-0.1, -0.05) is 13.8 Å². The molecule has 1 atom stereocenters. The van der Waals surface area contributed by atoms with E-state index in [1.165, 1.54) is 0 Å². The van der Waals surface area contributed by atoms with Crippen molar-refractivity contribution in [2.75, 3.05) is 19.7 Å². The molecule has 0 aliphatic carbocycles. The highest BCUT2D eigenvalue weighted by Crippen LogP contribution is 2.18. The average Bonchev–Trinajstić information content (AvgIpc) is 2.17. The van der Waals surface area contributed by atoms with Gasteiger partial charge in [0.05, 0.1) is 12.7 Å². The van der Waals surface area contributed by atoms with Gasteiger partial charge in [-0.2, -0.15) is 0 Å². The molecule has 14 heavy (non-hydrogen) atoms. The Morgan fingerprint density at radius 2 is 1.86 bits per heavy atom. The van der Waals surface area contributed by atoms with Crippen molar-refractivity contribution in [2.24, 2.45) is 0 Å². The molecule has 0 rings (SSSR count). The van der Waals surface area contributed by atoms with E-state index in [0.717, 1.165) is 12.8 Å². The lowest BCUT2D eigenvalue weighted by atomic mass is 9.98. The third-order valence-corrected chi connectivity index (χ3v) is 2.99. The molecule has 1 unspecified atom stereocenters. The summed E-state index contributed by atoms with van der Waals surface area (Å²) in [5.74, 6) is 0. The van der Waals surface area contributed by atoms with Crippen LogP contribution >= 0.6 is 0 Å². The molecule has 0 aromatic carbocycles. The van der Waals surface area contributed by atoms with Crippen LogP contribution in [0.4, 0.5) is 0 Å². The summed E-state index contributed by atoms with van der Waals surface area (Å²) in [6.45, 7) is 9.83. The second-order valence-electron chi connectivity index (χ2n) is 4.40. The molecular weight excluding hydrogens is 178 g/mol. The topological polar surface area (TPSA) is 43.7 Å². The molecule has 0 heterocycles. The number of hydrogen-bond donors (Lipinski definition) is 2. The van der Waals surface area contributed by atoms with Gasteiger partial charge in [0.25, 0.3) is 0 Å². The molecule has 0 spiro atoms. The lowest BCUT2D eigenvalue weighted by Gasteiger charge is -2.38. The molecule has 0 bridgehead atoms. The first-order valence-electron chi connectivity index (χ1n) is 5.51. The highest BCUT2D eigenvalue weighted by Gasteiger charge is 2.25. The molecular formula is C11H25NO2. The van der Waals surface area contributed by atoms with Gasteiger partial charge in [-0.05, 0) is 26.7 Å². The monoisotopic (exact) mass is 203 g/mol. The van der Waals surface area contributed by atoms with Crippen molar-refractivity contribution in [3.8, 4) is 0 Å². The molecule has 0 aliphatic heterocycles. The van der Waals surface area contributed by atoms with Crippen LogP contribution in [0.5, 0.6) is 0 Å². The molecule has 0 aromatic rings. The fourth-order valence-corrected chi connectivity index (χ4v) is 1.37. The van der Waals surface area contributed by atoms with E-state index < -0.39 is 0 Å². The molecule has 0 aliphatic rings. The fraction of sp³-hybridized carbons (Fsp3) is 1.00. The zero-order valence-corrected chi connectivity index (χ0v) is 9.95. The van der Waals surface area contributed by atoms with E-state index in [9.17, 15) is 5.11 Å². The van der Waals surface area contributed by atoms with E-state index in [-0.39, 0.29) is 18.2 Å². The van der Waals surface area contributed by atoms with Crippen LogP contribution in [0.1, 0.15) is 40.5 Å². The molecule has 0 radical (unpaired) electrons. The van der Waals surface area contributed by atoms with Gasteiger partial charge in [0, 0.05) is 18.6 Å². The Bertz CT molecular complexity index is 148. The molecule has 2 N–H and O–H groups in total. The lowest BCUT2D eigenvalue weighted by Crippen LogP contribution is -2.48. The van der Waals surface area contributed by atoms with Gasteiger partial charge in [0.1, 0.15) is 0 Å². The number of rotatable bonds is 7. The second kappa shape index (κ2) is 6.38. The van der Waals surface area contributed by atoms with Gasteiger partial charge in [-0.15, -0.1) is 0 Å². The molecule has 0 saturated heterocycles. The number of hydrogen-bond acceptors (Lipinski definition) is 3. The van der Waals surface area contributed by atoms with E-state index in [1.54, 1.807) is 0 Å². The third-order valence-electron chi connectivity index (χ3n) is 2.99. The minimum absolute atomic E-state index is 0.0544. The largest absolute Gasteiger partial charge is 0.395 e. The fourth-order valence-electron chi connectivity index (χ4n) is 1.37. The molecule has 0 amide bonds. The van der Waals surface area contributed by atoms with Gasteiger partial charge in [0.2, 0.25) is 0 Å². The van der Waals surface area contributed by atoms with Crippen LogP contribution in [0.2, 0.25) is 0 Å². The van der Waals surface area contributed by atoms with Crippen molar-refractivity contribution in [1.29, 1.82) is 0 Å². The zero-order chi connectivity index (χ0) is 11.2. The summed E-state index contributed by atoms with van der Waals surface area (Å²) >= 11 is 0. The predicted molar refractivity (Wildman–Crippen MR) is 59.3 cm³/mol. The quantitative estimate of drug-likeness (QED) is 0.654. The molecule has 0 aromatic heterocycles. The van der Waals surface area contributed by atoms with Crippen LogP contribution < -0.4 is 0 Å². The summed E-state index contributed by atoms with van der Waals surface area (Å²) in [5.41, 5.74) is 0.0544. The maximum absolute atomic E-state index is 9.59. The summed E-state index contributed by atoms with van der Waals surface area (Å²) in [7, 11) is 0. The summed E-state index contributed by atoms with van der Waals surface area (Å²) < 4.78 is 0. The van der Waals surface area contributed by atoms with Crippen LogP contribution in [0.3, 0.4) is 0 Å². The highest BCUT2D eigenvalue weighted by molar-refractivity contribution is 4.81. The lowest BCUT2D eigenvalue weighted by molar-refractivity contribution is 0.0346. The molecule has 3 heteroatoms. The molecule has 86 valence electrons. The standard InChI is InChI=1S/C11H25NO2/c1-5-10(14)9-12(7-8-13)11(3,4)6-2/h10,13-14H,5-9H2,1-4H3. The number of aliphatic hydroxyl groups excluding tert-OH is 2. The Balaban J connectivity index is 4.27. The first kappa shape index (κ1) is 13.9. The Morgan fingerprint density at radius 1 is 1.29 bits per heavy atom. The maximum atomic E-state index is 9.59. The Labute approximate surface area is 87.7 Å². The molecule has 3 nitrogen and oxygen atoms in total. The van der Waals surface area contributed by atoms with Crippen molar-refractivity contribution >= 4 is 0 Å². The normalized spacial score (nSPS) is 14.8. The van der Waals surface area contributed by atoms with Crippen molar-refractivity contribution < 1.29 is 10.2 Å². The minimum Gasteiger partial charge on any atom is -0.395 e. The van der Waals surface area contributed by atoms with E-state index >= 15 is 0 Å². The van der Waals surface area contributed by atoms with Crippen LogP contribution in [-0.4, -0.2) is 46.5 Å². The third kappa shape index (κ3) is 4.40. The van der Waals surface area contributed by atoms with Crippen LogP contribution in [-0.2, 0) is 0 Å². The van der Waals surface area contributed by atoms with E-state index in [2.05, 4.69) is 25.7 Å². The number of aliphatic hydroxyl groups is 2. The first-order valence-corrected chi connectivity index (χ1v) is 5.51. The minimum atomic E-state index is -0.285. The molecule has 0 saturated carbocycles. The van der Waals surface area contributed by atoms with Crippen LogP contribution in [0.15, 0.2) is 0 Å². The van der Waals surface area contributed by atoms with E-state index in [4.69, 9.17) is 5.11 Å². The van der Waals surface area contributed by atoms with Crippen LogP contribution in [0.25, 0.3) is 0 Å². The van der Waals surface area contributed by atoms with Gasteiger partial charge in [-0.25, -0.2) is 0 Å². The van der Waals surface area contributed by atoms with E-state index in [0.29, 0.717) is 13.1 Å². The van der Waals surface area contributed by atoms with Crippen molar-refractivity contribution in [3.05, 3.63) is 0 Å². The van der Waals surface area contributed by atoms with Gasteiger partial charge < -0.3 is 10.2 Å². The van der Waals surface area contributed by atoms with Crippen molar-refractivity contribution in [2.45, 2.75) is 52.2 Å².